The number of aromatic nitrogens is 3. The second kappa shape index (κ2) is 8.59. The van der Waals surface area contributed by atoms with E-state index in [9.17, 15) is 13.3 Å². The molecule has 1 N–H and O–H groups in total. The fourth-order valence-electron chi connectivity index (χ4n) is 2.32. The molecule has 0 aliphatic carbocycles. The van der Waals surface area contributed by atoms with Crippen LogP contribution in [0, 0.1) is 0 Å². The third-order valence-electron chi connectivity index (χ3n) is 3.44. The highest BCUT2D eigenvalue weighted by Gasteiger charge is 2.24. The van der Waals surface area contributed by atoms with Crippen LogP contribution in [-0.4, -0.2) is 40.3 Å². The van der Waals surface area contributed by atoms with E-state index in [4.69, 9.17) is 21.1 Å². The van der Waals surface area contributed by atoms with Gasteiger partial charge in [0.05, 0.1) is 25.1 Å². The van der Waals surface area contributed by atoms with Gasteiger partial charge in [-0.2, -0.15) is 23.5 Å². The molecule has 0 radical (unpaired) electrons. The predicted octanol–water partition coefficient (Wildman–Crippen LogP) is 3.43. The lowest BCUT2D eigenvalue weighted by Crippen LogP contribution is -2.17. The molecule has 3 aromatic rings. The maximum absolute atomic E-state index is 12.8. The molecule has 0 spiro atoms. The number of fused-ring (bicyclic) bond motifs is 1. The monoisotopic (exact) mass is 430 g/mol. The summed E-state index contributed by atoms with van der Waals surface area (Å²) in [4.78, 5) is 12.4. The summed E-state index contributed by atoms with van der Waals surface area (Å²) in [5.74, 6) is -1.26. The van der Waals surface area contributed by atoms with E-state index in [0.29, 0.717) is 21.0 Å². The highest BCUT2D eigenvalue weighted by molar-refractivity contribution is 7.93. The van der Waals surface area contributed by atoms with Crippen LogP contribution in [0.25, 0.3) is 10.9 Å². The molecule has 1 aromatic carbocycles. The zero-order valence-electron chi connectivity index (χ0n) is 14.5. The molecular weight excluding hydrogens is 418 g/mol. The summed E-state index contributed by atoms with van der Waals surface area (Å²) < 4.78 is 54.8. The summed E-state index contributed by atoms with van der Waals surface area (Å²) in [5.41, 5.74) is 0.553. The largest absolute Gasteiger partial charge is 0.588 e. The van der Waals surface area contributed by atoms with Crippen molar-refractivity contribution in [3.63, 3.8) is 0 Å². The highest BCUT2D eigenvalue weighted by atomic mass is 35.5. The molecule has 3 rings (SSSR count). The number of hydrogen-bond acceptors (Lipinski definition) is 8. The van der Waals surface area contributed by atoms with E-state index in [2.05, 4.69) is 24.4 Å². The Hall–Kier alpha value is -2.63. The third-order valence-corrected chi connectivity index (χ3v) is 4.77. The molecule has 8 nitrogen and oxygen atoms in total. The fourth-order valence-corrected chi connectivity index (χ4v) is 3.42. The minimum Gasteiger partial charge on any atom is -0.588 e. The van der Waals surface area contributed by atoms with E-state index in [1.807, 2.05) is 0 Å². The molecule has 0 saturated heterocycles. The summed E-state index contributed by atoms with van der Waals surface area (Å²) in [6, 6.07) is 8.28. The lowest BCUT2D eigenvalue weighted by Gasteiger charge is -2.15. The van der Waals surface area contributed by atoms with Crippen molar-refractivity contribution in [2.45, 2.75) is 11.5 Å². The lowest BCUT2D eigenvalue weighted by atomic mass is 10.2. The minimum absolute atomic E-state index is 0.174. The van der Waals surface area contributed by atoms with Crippen molar-refractivity contribution in [1.82, 2.24) is 15.0 Å². The van der Waals surface area contributed by atoms with Gasteiger partial charge >= 0.3 is 6.61 Å². The van der Waals surface area contributed by atoms with Crippen LogP contribution in [0.15, 0.2) is 35.2 Å². The molecule has 148 valence electrons. The minimum atomic E-state index is -3.13. The number of nitrogens with zero attached hydrogens (tertiary/aromatic N) is 3. The van der Waals surface area contributed by atoms with Crippen LogP contribution in [0.3, 0.4) is 0 Å². The molecule has 0 bridgehead atoms. The molecule has 1 atom stereocenters. The van der Waals surface area contributed by atoms with E-state index in [-0.39, 0.29) is 17.7 Å². The van der Waals surface area contributed by atoms with Crippen LogP contribution in [0.2, 0.25) is 5.15 Å². The van der Waals surface area contributed by atoms with Gasteiger partial charge in [0.2, 0.25) is 5.75 Å². The first-order valence-corrected chi connectivity index (χ1v) is 9.14. The fraction of sp³-hybridized carbons (Fsp3) is 0.188. The average molecular weight is 431 g/mol. The van der Waals surface area contributed by atoms with Crippen molar-refractivity contribution in [1.29, 1.82) is 0 Å². The van der Waals surface area contributed by atoms with Crippen LogP contribution in [0.5, 0.6) is 17.5 Å². The summed E-state index contributed by atoms with van der Waals surface area (Å²) in [7, 11) is 2.42. The van der Waals surface area contributed by atoms with Gasteiger partial charge in [0.25, 0.3) is 17.7 Å². The van der Waals surface area contributed by atoms with Crippen LogP contribution >= 0.6 is 11.6 Å². The third kappa shape index (κ3) is 4.26. The van der Waals surface area contributed by atoms with Crippen molar-refractivity contribution < 1.29 is 27.5 Å². The van der Waals surface area contributed by atoms with E-state index < -0.39 is 23.7 Å². The van der Waals surface area contributed by atoms with E-state index in [1.165, 1.54) is 14.2 Å². The van der Waals surface area contributed by atoms with Gasteiger partial charge in [0, 0.05) is 0 Å². The first-order chi connectivity index (χ1) is 13.4. The Balaban J connectivity index is 1.95. The van der Waals surface area contributed by atoms with Crippen molar-refractivity contribution in [2.24, 2.45) is 0 Å². The van der Waals surface area contributed by atoms with Crippen molar-refractivity contribution in [2.75, 3.05) is 18.9 Å². The molecule has 0 aliphatic rings. The van der Waals surface area contributed by atoms with Gasteiger partial charge in [-0.3, -0.25) is 0 Å². The standard InChI is InChI=1S/C16H13ClF2N4O4S/c1-25-13-12(27-15(18)19)14(26-2)22-16(21-13)23-28(24)10-5-3-4-9-8(10)6-7-11(17)20-9/h3-7,15H,1-2H3,(H,21,22,23). The molecule has 0 fully saturated rings. The van der Waals surface area contributed by atoms with Crippen LogP contribution in [-0.2, 0) is 11.4 Å². The maximum Gasteiger partial charge on any atom is 0.387 e. The Morgan fingerprint density at radius 2 is 1.75 bits per heavy atom. The number of methoxy groups -OCH3 is 2. The van der Waals surface area contributed by atoms with E-state index in [1.54, 1.807) is 30.3 Å². The topological polar surface area (TPSA) is 101 Å². The SMILES string of the molecule is COc1nc(N[S+]([O-])c2cccc3nc(Cl)ccc23)nc(OC)c1OC(F)F. The molecule has 0 saturated carbocycles. The summed E-state index contributed by atoms with van der Waals surface area (Å²) in [6.07, 6.45) is 0. The number of alkyl halides is 2. The van der Waals surface area contributed by atoms with Gasteiger partial charge < -0.3 is 18.8 Å². The average Bonchev–Trinajstić information content (AvgIpc) is 2.67. The van der Waals surface area contributed by atoms with Crippen LogP contribution in [0.4, 0.5) is 14.7 Å². The molecule has 1 unspecified atom stereocenters. The van der Waals surface area contributed by atoms with E-state index >= 15 is 0 Å². The summed E-state index contributed by atoms with van der Waals surface area (Å²) in [5, 5.41) is 0.908. The van der Waals surface area contributed by atoms with Crippen molar-refractivity contribution in [3.05, 3.63) is 35.5 Å². The number of rotatable bonds is 7. The quantitative estimate of drug-likeness (QED) is 0.449. The smallest absolute Gasteiger partial charge is 0.387 e. The maximum atomic E-state index is 12.8. The second-order valence-corrected chi connectivity index (χ2v) is 6.67. The first-order valence-electron chi connectivity index (χ1n) is 7.61. The van der Waals surface area contributed by atoms with Crippen LogP contribution < -0.4 is 18.9 Å². The van der Waals surface area contributed by atoms with Crippen molar-refractivity contribution >= 4 is 39.8 Å². The van der Waals surface area contributed by atoms with Gasteiger partial charge in [-0.25, -0.2) is 4.98 Å². The van der Waals surface area contributed by atoms with Gasteiger partial charge in [-0.1, -0.05) is 17.7 Å². The molecule has 2 heterocycles. The Kier molecular flexibility index (Phi) is 6.17. The van der Waals surface area contributed by atoms with Crippen LogP contribution in [0.1, 0.15) is 0 Å². The molecule has 28 heavy (non-hydrogen) atoms. The highest BCUT2D eigenvalue weighted by Crippen LogP contribution is 2.36. The number of hydrogen-bond donors (Lipinski definition) is 1. The lowest BCUT2D eigenvalue weighted by molar-refractivity contribution is -0.0533. The second-order valence-electron chi connectivity index (χ2n) is 5.10. The molecule has 0 amide bonds. The van der Waals surface area contributed by atoms with Gasteiger partial charge in [-0.15, -0.1) is 0 Å². The number of benzene rings is 1. The number of anilines is 1. The molecule has 12 heteroatoms. The Morgan fingerprint density at radius 1 is 1.07 bits per heavy atom. The number of ether oxygens (including phenoxy) is 3. The van der Waals surface area contributed by atoms with Crippen molar-refractivity contribution in [3.8, 4) is 17.5 Å². The molecule has 0 aliphatic heterocycles. The normalized spacial score (nSPS) is 12.1. The van der Waals surface area contributed by atoms with Gasteiger partial charge in [-0.05, 0) is 24.3 Å². The van der Waals surface area contributed by atoms with Gasteiger partial charge in [0.1, 0.15) is 16.5 Å². The zero-order valence-corrected chi connectivity index (χ0v) is 16.1. The predicted molar refractivity (Wildman–Crippen MR) is 98.6 cm³/mol. The van der Waals surface area contributed by atoms with E-state index in [0.717, 1.165) is 0 Å². The Labute approximate surface area is 166 Å². The zero-order chi connectivity index (χ0) is 20.3. The number of halogens is 3. The number of nitrogens with one attached hydrogen (secondary N) is 1. The summed E-state index contributed by atoms with van der Waals surface area (Å²) >= 11 is 4.07. The molecule has 2 aromatic heterocycles. The molecular formula is C16H13ClF2N4O4S. The summed E-state index contributed by atoms with van der Waals surface area (Å²) in [6.45, 7) is -3.13. The Morgan fingerprint density at radius 3 is 2.36 bits per heavy atom. The Bertz CT molecular complexity index is 973. The van der Waals surface area contributed by atoms with Gasteiger partial charge in [0.15, 0.2) is 4.90 Å². The number of pyridine rings is 1. The first kappa shape index (κ1) is 20.1.